The number of rotatable bonds is 4. The summed E-state index contributed by atoms with van der Waals surface area (Å²) in [6.45, 7) is 4.59. The highest BCUT2D eigenvalue weighted by Crippen LogP contribution is 2.02. The van der Waals surface area contributed by atoms with Gasteiger partial charge in [-0.15, -0.1) is 0 Å². The van der Waals surface area contributed by atoms with Gasteiger partial charge in [-0.2, -0.15) is 0 Å². The predicted molar refractivity (Wildman–Crippen MR) is 48.1 cm³/mol. The van der Waals surface area contributed by atoms with Crippen LogP contribution >= 0.6 is 0 Å². The number of nitrogens with two attached hydrogens (primary N) is 1. The van der Waals surface area contributed by atoms with Crippen LogP contribution in [0.4, 0.5) is 0 Å². The van der Waals surface area contributed by atoms with Gasteiger partial charge in [0, 0.05) is 0 Å². The Morgan fingerprint density at radius 3 is 2.31 bits per heavy atom. The van der Waals surface area contributed by atoms with E-state index in [-0.39, 0.29) is 0 Å². The van der Waals surface area contributed by atoms with E-state index in [2.05, 4.69) is 5.32 Å². The number of nitrogens with one attached hydrogen (secondary N) is 1. The average molecular weight is 188 g/mol. The Bertz CT molecular complexity index is 213. The van der Waals surface area contributed by atoms with E-state index < -0.39 is 23.5 Å². The molecule has 0 bridgehead atoms. The van der Waals surface area contributed by atoms with E-state index in [9.17, 15) is 9.59 Å². The van der Waals surface area contributed by atoms with Crippen molar-refractivity contribution in [1.82, 2.24) is 5.32 Å². The molecule has 0 heterocycles. The highest BCUT2D eigenvalue weighted by atomic mass is 16.4. The standard InChI is InChI=1S/C8H16N2O3/c1-4-5(9)6(11)10-8(2,3)7(12)13/h5H,4,9H2,1-3H3,(H,10,11)(H,12,13)/t5-/m0/s1. The molecule has 1 atom stereocenters. The molecular formula is C8H16N2O3. The largest absolute Gasteiger partial charge is 0.480 e. The lowest BCUT2D eigenvalue weighted by molar-refractivity contribution is -0.146. The Labute approximate surface area is 77.3 Å². The quantitative estimate of drug-likeness (QED) is 0.565. The van der Waals surface area contributed by atoms with Gasteiger partial charge in [0.05, 0.1) is 6.04 Å². The topological polar surface area (TPSA) is 92.4 Å². The molecule has 0 aromatic heterocycles. The summed E-state index contributed by atoms with van der Waals surface area (Å²) in [7, 11) is 0. The zero-order chi connectivity index (χ0) is 10.6. The fourth-order valence-electron chi connectivity index (χ4n) is 0.640. The van der Waals surface area contributed by atoms with E-state index in [0.29, 0.717) is 6.42 Å². The zero-order valence-corrected chi connectivity index (χ0v) is 8.13. The van der Waals surface area contributed by atoms with E-state index >= 15 is 0 Å². The highest BCUT2D eigenvalue weighted by Gasteiger charge is 2.30. The Hall–Kier alpha value is -1.10. The number of hydrogen-bond donors (Lipinski definition) is 3. The number of carbonyl (C=O) groups excluding carboxylic acids is 1. The summed E-state index contributed by atoms with van der Waals surface area (Å²) in [5.74, 6) is -1.51. The summed E-state index contributed by atoms with van der Waals surface area (Å²) in [5, 5.41) is 11.0. The van der Waals surface area contributed by atoms with E-state index in [1.807, 2.05) is 0 Å². The molecule has 0 rings (SSSR count). The number of hydrogen-bond acceptors (Lipinski definition) is 3. The monoisotopic (exact) mass is 188 g/mol. The lowest BCUT2D eigenvalue weighted by atomic mass is 10.1. The molecule has 1 amide bonds. The van der Waals surface area contributed by atoms with Crippen LogP contribution < -0.4 is 11.1 Å². The first-order chi connectivity index (χ1) is 5.81. The lowest BCUT2D eigenvalue weighted by Gasteiger charge is -2.22. The minimum atomic E-state index is -1.26. The van der Waals surface area contributed by atoms with Gasteiger partial charge in [-0.05, 0) is 20.3 Å². The maximum absolute atomic E-state index is 11.2. The molecule has 13 heavy (non-hydrogen) atoms. The van der Waals surface area contributed by atoms with Gasteiger partial charge in [0.1, 0.15) is 5.54 Å². The molecule has 5 heteroatoms. The van der Waals surface area contributed by atoms with Gasteiger partial charge in [0.25, 0.3) is 0 Å². The maximum atomic E-state index is 11.2. The summed E-state index contributed by atoms with van der Waals surface area (Å²) in [5.41, 5.74) is 4.16. The molecule has 0 unspecified atom stereocenters. The molecule has 0 saturated heterocycles. The number of carbonyl (C=O) groups is 2. The normalized spacial score (nSPS) is 13.5. The average Bonchev–Trinajstić information content (AvgIpc) is 2.01. The van der Waals surface area contributed by atoms with Crippen LogP contribution in [0.5, 0.6) is 0 Å². The molecule has 76 valence electrons. The summed E-state index contributed by atoms with van der Waals surface area (Å²) >= 11 is 0. The minimum absolute atomic E-state index is 0.435. The molecule has 4 N–H and O–H groups in total. The first-order valence-electron chi connectivity index (χ1n) is 4.12. The molecule has 0 saturated carbocycles. The molecule has 0 aromatic carbocycles. The summed E-state index contributed by atoms with van der Waals surface area (Å²) in [6.07, 6.45) is 0.488. The smallest absolute Gasteiger partial charge is 0.328 e. The van der Waals surface area contributed by atoms with Crippen molar-refractivity contribution in [3.63, 3.8) is 0 Å². The molecule has 0 aromatic rings. The van der Waals surface area contributed by atoms with E-state index in [1.54, 1.807) is 6.92 Å². The van der Waals surface area contributed by atoms with Gasteiger partial charge < -0.3 is 16.2 Å². The third-order valence-corrected chi connectivity index (χ3v) is 1.75. The van der Waals surface area contributed by atoms with Gasteiger partial charge in [-0.1, -0.05) is 6.92 Å². The maximum Gasteiger partial charge on any atom is 0.328 e. The SMILES string of the molecule is CC[C@H](N)C(=O)NC(C)(C)C(=O)O. The summed E-state index contributed by atoms with van der Waals surface area (Å²) in [6, 6.07) is -0.640. The number of aliphatic carboxylic acids is 1. The second-order valence-electron chi connectivity index (χ2n) is 3.43. The first kappa shape index (κ1) is 11.9. The van der Waals surface area contributed by atoms with Crippen LogP contribution in [-0.2, 0) is 9.59 Å². The molecule has 0 aliphatic carbocycles. The van der Waals surface area contributed by atoms with Crippen LogP contribution in [0, 0.1) is 0 Å². The molecule has 0 aliphatic heterocycles. The van der Waals surface area contributed by atoms with Crippen LogP contribution in [-0.4, -0.2) is 28.6 Å². The van der Waals surface area contributed by atoms with Crippen molar-refractivity contribution in [3.8, 4) is 0 Å². The van der Waals surface area contributed by atoms with E-state index in [4.69, 9.17) is 10.8 Å². The fraction of sp³-hybridized carbons (Fsp3) is 0.750. The molecule has 0 radical (unpaired) electrons. The summed E-state index contributed by atoms with van der Waals surface area (Å²) < 4.78 is 0. The third-order valence-electron chi connectivity index (χ3n) is 1.75. The Morgan fingerprint density at radius 2 is 2.00 bits per heavy atom. The van der Waals surface area contributed by atoms with Crippen molar-refractivity contribution in [1.29, 1.82) is 0 Å². The van der Waals surface area contributed by atoms with E-state index in [1.165, 1.54) is 13.8 Å². The van der Waals surface area contributed by atoms with Crippen molar-refractivity contribution in [2.75, 3.05) is 0 Å². The Morgan fingerprint density at radius 1 is 1.54 bits per heavy atom. The van der Waals surface area contributed by atoms with Crippen molar-refractivity contribution in [2.45, 2.75) is 38.8 Å². The van der Waals surface area contributed by atoms with Crippen molar-refractivity contribution < 1.29 is 14.7 Å². The van der Waals surface area contributed by atoms with Crippen LogP contribution in [0.1, 0.15) is 27.2 Å². The van der Waals surface area contributed by atoms with Gasteiger partial charge in [0.2, 0.25) is 5.91 Å². The van der Waals surface area contributed by atoms with Crippen molar-refractivity contribution in [2.24, 2.45) is 5.73 Å². The molecule has 0 aliphatic rings. The van der Waals surface area contributed by atoms with Gasteiger partial charge in [-0.3, -0.25) is 4.79 Å². The predicted octanol–water partition coefficient (Wildman–Crippen LogP) is -0.297. The van der Waals surface area contributed by atoms with Crippen LogP contribution in [0.25, 0.3) is 0 Å². The Kier molecular flexibility index (Phi) is 3.87. The second kappa shape index (κ2) is 4.23. The van der Waals surface area contributed by atoms with Gasteiger partial charge >= 0.3 is 5.97 Å². The number of carboxylic acid groups (broad SMARTS) is 1. The zero-order valence-electron chi connectivity index (χ0n) is 8.13. The Balaban J connectivity index is 4.28. The van der Waals surface area contributed by atoms with Crippen molar-refractivity contribution in [3.05, 3.63) is 0 Å². The van der Waals surface area contributed by atoms with Crippen molar-refractivity contribution >= 4 is 11.9 Å². The number of amides is 1. The molecule has 5 nitrogen and oxygen atoms in total. The van der Waals surface area contributed by atoms with Gasteiger partial charge in [-0.25, -0.2) is 4.79 Å². The number of carboxylic acids is 1. The lowest BCUT2D eigenvalue weighted by Crippen LogP contribution is -2.54. The van der Waals surface area contributed by atoms with Crippen LogP contribution in [0.2, 0.25) is 0 Å². The fourth-order valence-corrected chi connectivity index (χ4v) is 0.640. The minimum Gasteiger partial charge on any atom is -0.480 e. The molecule has 0 spiro atoms. The van der Waals surface area contributed by atoms with E-state index in [0.717, 1.165) is 0 Å². The highest BCUT2D eigenvalue weighted by molar-refractivity contribution is 5.88. The molecule has 0 fully saturated rings. The first-order valence-corrected chi connectivity index (χ1v) is 4.12. The second-order valence-corrected chi connectivity index (χ2v) is 3.43. The van der Waals surface area contributed by atoms with Crippen LogP contribution in [0.15, 0.2) is 0 Å². The van der Waals surface area contributed by atoms with Gasteiger partial charge in [0.15, 0.2) is 0 Å². The third kappa shape index (κ3) is 3.42. The molecular weight excluding hydrogens is 172 g/mol. The summed E-state index contributed by atoms with van der Waals surface area (Å²) in [4.78, 5) is 21.8. The van der Waals surface area contributed by atoms with Crippen LogP contribution in [0.3, 0.4) is 0 Å².